The number of fused-ring (bicyclic) bond motifs is 3. The van der Waals surface area contributed by atoms with Crippen molar-refractivity contribution >= 4 is 0 Å². The van der Waals surface area contributed by atoms with Gasteiger partial charge in [-0.15, -0.1) is 0 Å². The molecule has 1 heteroatoms. The Balaban J connectivity index is 2.18. The Labute approximate surface area is 111 Å². The van der Waals surface area contributed by atoms with Gasteiger partial charge < -0.3 is 4.74 Å². The minimum atomic E-state index is 0.276. The van der Waals surface area contributed by atoms with Crippen molar-refractivity contribution in [2.45, 2.75) is 64.4 Å². The van der Waals surface area contributed by atoms with Gasteiger partial charge in [-0.05, 0) is 25.8 Å². The first kappa shape index (κ1) is 12.1. The maximum Gasteiger partial charge on any atom is 0.123 e. The molecule has 0 saturated heterocycles. The molecule has 1 heterocycles. The highest BCUT2D eigenvalue weighted by atomic mass is 16.5. The van der Waals surface area contributed by atoms with Crippen LogP contribution >= 0.6 is 0 Å². The van der Waals surface area contributed by atoms with Crippen LogP contribution in [0.1, 0.15) is 58.4 Å². The van der Waals surface area contributed by atoms with Crippen LogP contribution in [0.2, 0.25) is 0 Å². The van der Waals surface area contributed by atoms with Crippen LogP contribution in [0.5, 0.6) is 5.75 Å². The quantitative estimate of drug-likeness (QED) is 0.643. The van der Waals surface area contributed by atoms with Crippen LogP contribution in [0, 0.1) is 5.41 Å². The number of hydrogen-bond acceptors (Lipinski definition) is 1. The van der Waals surface area contributed by atoms with Gasteiger partial charge in [0.15, 0.2) is 0 Å². The van der Waals surface area contributed by atoms with Crippen LogP contribution in [-0.2, 0) is 5.41 Å². The molecule has 18 heavy (non-hydrogen) atoms. The summed E-state index contributed by atoms with van der Waals surface area (Å²) in [7, 11) is 0. The molecule has 0 N–H and O–H groups in total. The van der Waals surface area contributed by atoms with Crippen molar-refractivity contribution < 1.29 is 4.74 Å². The molecule has 1 aromatic rings. The van der Waals surface area contributed by atoms with Crippen molar-refractivity contribution in [3.8, 4) is 5.75 Å². The molecule has 0 aromatic heterocycles. The maximum absolute atomic E-state index is 6.23. The van der Waals surface area contributed by atoms with Gasteiger partial charge in [0.2, 0.25) is 0 Å². The van der Waals surface area contributed by atoms with E-state index in [1.807, 2.05) is 0 Å². The molecule has 1 aliphatic heterocycles. The summed E-state index contributed by atoms with van der Waals surface area (Å²) in [6.07, 6.45) is 6.98. The van der Waals surface area contributed by atoms with Gasteiger partial charge >= 0.3 is 0 Å². The fraction of sp³-hybridized carbons (Fsp3) is 0.647. The molecule has 3 unspecified atom stereocenters. The molecular formula is C17H24O. The second kappa shape index (κ2) is 4.01. The molecular weight excluding hydrogens is 220 g/mol. The van der Waals surface area contributed by atoms with E-state index in [1.54, 1.807) is 0 Å². The van der Waals surface area contributed by atoms with Gasteiger partial charge in [-0.1, -0.05) is 51.3 Å². The van der Waals surface area contributed by atoms with Crippen LogP contribution in [0.25, 0.3) is 0 Å². The summed E-state index contributed by atoms with van der Waals surface area (Å²) in [4.78, 5) is 0. The topological polar surface area (TPSA) is 9.23 Å². The molecule has 3 atom stereocenters. The van der Waals surface area contributed by atoms with E-state index < -0.39 is 0 Å². The maximum atomic E-state index is 6.23. The fourth-order valence-corrected chi connectivity index (χ4v) is 4.15. The van der Waals surface area contributed by atoms with Gasteiger partial charge in [-0.3, -0.25) is 0 Å². The molecule has 0 radical (unpaired) electrons. The number of hydrogen-bond donors (Lipinski definition) is 0. The summed E-state index contributed by atoms with van der Waals surface area (Å²) in [5, 5.41) is 0. The van der Waals surface area contributed by atoms with E-state index in [9.17, 15) is 0 Å². The van der Waals surface area contributed by atoms with Crippen molar-refractivity contribution in [3.63, 3.8) is 0 Å². The molecule has 1 nitrogen and oxygen atoms in total. The number of benzene rings is 1. The van der Waals surface area contributed by atoms with E-state index in [0.717, 1.165) is 5.75 Å². The van der Waals surface area contributed by atoms with Crippen LogP contribution < -0.4 is 4.74 Å². The number of para-hydroxylation sites is 1. The monoisotopic (exact) mass is 244 g/mol. The van der Waals surface area contributed by atoms with E-state index in [1.165, 1.54) is 37.7 Å². The third-order valence-corrected chi connectivity index (χ3v) is 5.82. The van der Waals surface area contributed by atoms with E-state index in [4.69, 9.17) is 4.74 Å². The smallest absolute Gasteiger partial charge is 0.123 e. The zero-order valence-electron chi connectivity index (χ0n) is 11.8. The normalized spacial score (nSPS) is 39.2. The van der Waals surface area contributed by atoms with Crippen molar-refractivity contribution in [1.29, 1.82) is 0 Å². The molecule has 0 spiro atoms. The van der Waals surface area contributed by atoms with Crippen LogP contribution in [-0.4, -0.2) is 6.10 Å². The van der Waals surface area contributed by atoms with Crippen molar-refractivity contribution in [3.05, 3.63) is 29.8 Å². The first-order valence-electron chi connectivity index (χ1n) is 7.34. The molecule has 98 valence electrons. The highest BCUT2D eigenvalue weighted by Crippen LogP contribution is 2.58. The zero-order chi connectivity index (χ0) is 12.8. The Morgan fingerprint density at radius 1 is 1.06 bits per heavy atom. The summed E-state index contributed by atoms with van der Waals surface area (Å²) >= 11 is 0. The third kappa shape index (κ3) is 1.46. The minimum Gasteiger partial charge on any atom is -0.490 e. The van der Waals surface area contributed by atoms with Crippen LogP contribution in [0.4, 0.5) is 0 Å². The molecule has 0 bridgehead atoms. The Morgan fingerprint density at radius 3 is 2.61 bits per heavy atom. The molecule has 2 aliphatic rings. The second-order valence-electron chi connectivity index (χ2n) is 6.57. The average molecular weight is 244 g/mol. The molecule has 1 fully saturated rings. The largest absolute Gasteiger partial charge is 0.490 e. The third-order valence-electron chi connectivity index (χ3n) is 5.82. The number of rotatable bonds is 0. The van der Waals surface area contributed by atoms with Gasteiger partial charge in [0, 0.05) is 16.4 Å². The van der Waals surface area contributed by atoms with Crippen LogP contribution in [0.3, 0.4) is 0 Å². The Morgan fingerprint density at radius 2 is 1.78 bits per heavy atom. The standard InChI is InChI=1S/C17H24O/c1-13-16(2)11-7-4-8-12-17(16,3)14-9-5-6-10-15(14)18-13/h5-6,9-10,13H,4,7-8,11-12H2,1-3H3. The SMILES string of the molecule is CC1Oc2ccccc2C2(C)CCCCCC12C. The van der Waals surface area contributed by atoms with Crippen LogP contribution in [0.15, 0.2) is 24.3 Å². The van der Waals surface area contributed by atoms with E-state index in [2.05, 4.69) is 45.0 Å². The summed E-state index contributed by atoms with van der Waals surface area (Å²) in [5.41, 5.74) is 1.99. The zero-order valence-corrected chi connectivity index (χ0v) is 11.8. The Kier molecular flexibility index (Phi) is 2.69. The summed E-state index contributed by atoms with van der Waals surface area (Å²) in [5.74, 6) is 1.12. The van der Waals surface area contributed by atoms with Gasteiger partial charge in [0.25, 0.3) is 0 Å². The summed E-state index contributed by atoms with van der Waals surface area (Å²) in [6.45, 7) is 7.18. The summed E-state index contributed by atoms with van der Waals surface area (Å²) in [6, 6.07) is 8.68. The molecule has 0 amide bonds. The lowest BCUT2D eigenvalue weighted by Gasteiger charge is -2.53. The van der Waals surface area contributed by atoms with E-state index >= 15 is 0 Å². The fourth-order valence-electron chi connectivity index (χ4n) is 4.15. The van der Waals surface area contributed by atoms with E-state index in [-0.39, 0.29) is 10.8 Å². The lowest BCUT2D eigenvalue weighted by molar-refractivity contribution is -0.0221. The first-order chi connectivity index (χ1) is 8.58. The lowest BCUT2D eigenvalue weighted by Crippen LogP contribution is -2.53. The predicted molar refractivity (Wildman–Crippen MR) is 75.1 cm³/mol. The van der Waals surface area contributed by atoms with Gasteiger partial charge in [0.05, 0.1) is 0 Å². The first-order valence-corrected chi connectivity index (χ1v) is 7.34. The highest BCUT2D eigenvalue weighted by molar-refractivity contribution is 5.44. The summed E-state index contributed by atoms with van der Waals surface area (Å²) < 4.78 is 6.23. The average Bonchev–Trinajstić information content (AvgIpc) is 2.52. The van der Waals surface area contributed by atoms with Crippen molar-refractivity contribution in [1.82, 2.24) is 0 Å². The van der Waals surface area contributed by atoms with E-state index in [0.29, 0.717) is 6.10 Å². The van der Waals surface area contributed by atoms with Gasteiger partial charge in [-0.25, -0.2) is 0 Å². The van der Waals surface area contributed by atoms with Crippen molar-refractivity contribution in [2.75, 3.05) is 0 Å². The predicted octanol–water partition coefficient (Wildman–Crippen LogP) is 4.70. The second-order valence-corrected chi connectivity index (χ2v) is 6.57. The minimum absolute atomic E-state index is 0.276. The van der Waals surface area contributed by atoms with Gasteiger partial charge in [-0.2, -0.15) is 0 Å². The molecule has 1 aromatic carbocycles. The number of ether oxygens (including phenoxy) is 1. The molecule has 3 rings (SSSR count). The molecule has 1 aliphatic carbocycles. The van der Waals surface area contributed by atoms with Crippen molar-refractivity contribution in [2.24, 2.45) is 5.41 Å². The highest BCUT2D eigenvalue weighted by Gasteiger charge is 2.54. The Bertz CT molecular complexity index is 453. The lowest BCUT2D eigenvalue weighted by atomic mass is 9.55. The Hall–Kier alpha value is -0.980. The van der Waals surface area contributed by atoms with Gasteiger partial charge in [0.1, 0.15) is 11.9 Å². The molecule has 1 saturated carbocycles.